The lowest BCUT2D eigenvalue weighted by Crippen LogP contribution is -2.10. The lowest BCUT2D eigenvalue weighted by molar-refractivity contribution is 0.668. The van der Waals surface area contributed by atoms with Gasteiger partial charge in [-0.05, 0) is 127 Å². The van der Waals surface area contributed by atoms with Crippen molar-refractivity contribution in [1.29, 1.82) is 0 Å². The molecule has 0 fully saturated rings. The molecule has 0 amide bonds. The minimum Gasteiger partial charge on any atom is -0.455 e. The number of benzene rings is 11. The van der Waals surface area contributed by atoms with E-state index in [9.17, 15) is 0 Å². The van der Waals surface area contributed by atoms with Crippen LogP contribution >= 0.6 is 0 Å². The highest BCUT2D eigenvalue weighted by Crippen LogP contribution is 2.42. The number of amidine groups is 1. The number of para-hydroxylation sites is 1. The van der Waals surface area contributed by atoms with Crippen LogP contribution in [0.25, 0.3) is 109 Å². The second kappa shape index (κ2) is 15.4. The molecule has 1 aliphatic rings. The molecule has 0 radical (unpaired) electrons. The Labute approximate surface area is 392 Å². The second-order valence-corrected chi connectivity index (χ2v) is 18.0. The third-order valence-corrected chi connectivity index (χ3v) is 14.0. The van der Waals surface area contributed by atoms with Gasteiger partial charge in [-0.15, -0.1) is 0 Å². The first kappa shape index (κ1) is 38.4. The highest BCUT2D eigenvalue weighted by atomic mass is 16.3. The summed E-state index contributed by atoms with van der Waals surface area (Å²) < 4.78 is 9.51. The molecule has 318 valence electrons. The Kier molecular flexibility index (Phi) is 8.68. The third-order valence-electron chi connectivity index (χ3n) is 14.0. The van der Waals surface area contributed by atoms with E-state index in [1.54, 1.807) is 0 Å². The summed E-state index contributed by atoms with van der Waals surface area (Å²) in [6, 6.07) is 78.7. The molecule has 11 aromatic carbocycles. The molecule has 0 spiro atoms. The van der Waals surface area contributed by atoms with Crippen LogP contribution in [0.5, 0.6) is 0 Å². The number of allylic oxidation sites excluding steroid dienone is 1. The van der Waals surface area contributed by atoms with E-state index >= 15 is 0 Å². The molecule has 0 aliphatic carbocycles. The molecule has 0 bridgehead atoms. The van der Waals surface area contributed by atoms with Crippen molar-refractivity contribution in [3.05, 3.63) is 241 Å². The first-order valence-electron chi connectivity index (χ1n) is 23.4. The van der Waals surface area contributed by atoms with Crippen molar-refractivity contribution in [3.63, 3.8) is 0 Å². The molecule has 1 aliphatic heterocycles. The van der Waals surface area contributed by atoms with E-state index in [0.29, 0.717) is 5.84 Å². The number of rotatable bonds is 5. The Morgan fingerprint density at radius 3 is 1.82 bits per heavy atom. The zero-order valence-corrected chi connectivity index (χ0v) is 37.0. The quantitative estimate of drug-likeness (QED) is 0.159. The Bertz CT molecular complexity index is 4320. The van der Waals surface area contributed by atoms with Gasteiger partial charge in [0.2, 0.25) is 0 Å². The normalized spacial score (nSPS) is 13.4. The van der Waals surface area contributed by atoms with Crippen LogP contribution in [0.4, 0.5) is 0 Å². The summed E-state index contributed by atoms with van der Waals surface area (Å²) in [7, 11) is 0. The minimum atomic E-state index is 0.668. The SMILES string of the molecule is C1=C(c2cc(-n3c4ccccc4c4cc5ccccc5cc43)cc3c2oc2cc4ccccc4cc23)N=C(c2cc3ccccc3c3ccccc23)N=C(c2cccc(-c3ccccc3)c2)CC1. The topological polar surface area (TPSA) is 42.8 Å². The molecule has 2 aromatic heterocycles. The van der Waals surface area contributed by atoms with Gasteiger partial charge in [0.1, 0.15) is 11.2 Å². The summed E-state index contributed by atoms with van der Waals surface area (Å²) in [4.78, 5) is 11.5. The summed E-state index contributed by atoms with van der Waals surface area (Å²) in [5.74, 6) is 0.668. The van der Waals surface area contributed by atoms with Crippen LogP contribution in [-0.2, 0) is 0 Å². The third kappa shape index (κ3) is 6.22. The lowest BCUT2D eigenvalue weighted by atomic mass is 9.95. The average Bonchev–Trinajstić information content (AvgIpc) is 3.91. The lowest BCUT2D eigenvalue weighted by Gasteiger charge is -2.17. The fourth-order valence-electron chi connectivity index (χ4n) is 10.8. The molecule has 0 N–H and O–H groups in total. The number of nitrogens with zero attached hydrogens (tertiary/aromatic N) is 3. The smallest absolute Gasteiger partial charge is 0.160 e. The van der Waals surface area contributed by atoms with E-state index in [0.717, 1.165) is 101 Å². The molecule has 0 atom stereocenters. The van der Waals surface area contributed by atoms with Gasteiger partial charge in [-0.3, -0.25) is 0 Å². The molecular weight excluding hydrogens is 827 g/mol. The molecule has 3 heterocycles. The fraction of sp³-hybridized carbons (Fsp3) is 0.0312. The van der Waals surface area contributed by atoms with Gasteiger partial charge in [0.05, 0.1) is 22.4 Å². The van der Waals surface area contributed by atoms with Crippen LogP contribution in [0.3, 0.4) is 0 Å². The van der Waals surface area contributed by atoms with Crippen LogP contribution in [-0.4, -0.2) is 16.1 Å². The summed E-state index contributed by atoms with van der Waals surface area (Å²) >= 11 is 0. The zero-order valence-electron chi connectivity index (χ0n) is 37.0. The van der Waals surface area contributed by atoms with E-state index in [-0.39, 0.29) is 0 Å². The Morgan fingerprint density at radius 1 is 0.382 bits per heavy atom. The Hall–Kier alpha value is -8.86. The number of aliphatic imine (C=N–C) groups is 2. The first-order valence-corrected chi connectivity index (χ1v) is 23.4. The molecule has 68 heavy (non-hydrogen) atoms. The molecular formula is C64H41N3O. The van der Waals surface area contributed by atoms with Gasteiger partial charge < -0.3 is 8.98 Å². The molecule has 0 unspecified atom stereocenters. The van der Waals surface area contributed by atoms with Crippen LogP contribution in [0.1, 0.15) is 29.5 Å². The maximum absolute atomic E-state index is 7.08. The van der Waals surface area contributed by atoms with E-state index in [4.69, 9.17) is 14.4 Å². The molecule has 4 heteroatoms. The second-order valence-electron chi connectivity index (χ2n) is 18.0. The Balaban J connectivity index is 1.06. The van der Waals surface area contributed by atoms with E-state index in [1.165, 1.54) is 43.3 Å². The van der Waals surface area contributed by atoms with Crippen molar-refractivity contribution < 1.29 is 4.42 Å². The molecule has 13 aromatic rings. The van der Waals surface area contributed by atoms with E-state index in [2.05, 4.69) is 229 Å². The van der Waals surface area contributed by atoms with Crippen molar-refractivity contribution in [1.82, 2.24) is 4.57 Å². The number of fused-ring (bicyclic) bond motifs is 11. The van der Waals surface area contributed by atoms with Gasteiger partial charge in [0.15, 0.2) is 5.84 Å². The summed E-state index contributed by atoms with van der Waals surface area (Å²) in [5.41, 5.74) is 12.2. The number of furan rings is 1. The summed E-state index contributed by atoms with van der Waals surface area (Å²) in [6.45, 7) is 0. The summed E-state index contributed by atoms with van der Waals surface area (Å²) in [5, 5.41) is 13.9. The van der Waals surface area contributed by atoms with Crippen molar-refractivity contribution in [2.45, 2.75) is 12.8 Å². The predicted molar refractivity (Wildman–Crippen MR) is 287 cm³/mol. The highest BCUT2D eigenvalue weighted by Gasteiger charge is 2.23. The zero-order chi connectivity index (χ0) is 44.7. The number of hydrogen-bond acceptors (Lipinski definition) is 3. The number of hydrogen-bond donors (Lipinski definition) is 0. The van der Waals surface area contributed by atoms with Crippen LogP contribution in [0.2, 0.25) is 0 Å². The van der Waals surface area contributed by atoms with Crippen molar-refractivity contribution >= 4 is 104 Å². The van der Waals surface area contributed by atoms with Gasteiger partial charge in [0.25, 0.3) is 0 Å². The minimum absolute atomic E-state index is 0.668. The first-order chi connectivity index (χ1) is 33.7. The van der Waals surface area contributed by atoms with Gasteiger partial charge in [-0.1, -0.05) is 170 Å². The van der Waals surface area contributed by atoms with E-state index < -0.39 is 0 Å². The summed E-state index contributed by atoms with van der Waals surface area (Å²) in [6.07, 6.45) is 3.76. The maximum Gasteiger partial charge on any atom is 0.160 e. The van der Waals surface area contributed by atoms with Gasteiger partial charge >= 0.3 is 0 Å². The molecule has 0 saturated carbocycles. The highest BCUT2D eigenvalue weighted by molar-refractivity contribution is 6.23. The molecule has 14 rings (SSSR count). The molecule has 4 nitrogen and oxygen atoms in total. The predicted octanol–water partition coefficient (Wildman–Crippen LogP) is 17.0. The monoisotopic (exact) mass is 867 g/mol. The van der Waals surface area contributed by atoms with Gasteiger partial charge in [0, 0.05) is 38.4 Å². The van der Waals surface area contributed by atoms with Crippen molar-refractivity contribution in [2.75, 3.05) is 0 Å². The van der Waals surface area contributed by atoms with Gasteiger partial charge in [-0.2, -0.15) is 0 Å². The van der Waals surface area contributed by atoms with Crippen molar-refractivity contribution in [2.24, 2.45) is 9.98 Å². The van der Waals surface area contributed by atoms with E-state index in [1.807, 2.05) is 0 Å². The molecule has 0 saturated heterocycles. The van der Waals surface area contributed by atoms with Crippen molar-refractivity contribution in [3.8, 4) is 16.8 Å². The average molecular weight is 868 g/mol. The standard InChI is InChI=1S/C64H41N3O/c1-2-16-40(17-3-1)41-23-14-24-47(32-41)58-29-15-30-59(66-64(65-58)56-35-46-22-8-9-25-49(46)50-26-10-11-27-51(50)56)57-39-48(38-55-54-34-43-19-5-7-21-45(43)37-62(54)68-63(55)57)67-60-31-13-12-28-52(60)53-33-42-18-4-6-20-44(42)36-61(53)67/h1-14,16-28,30-39H,15,29H2. The largest absolute Gasteiger partial charge is 0.455 e. The maximum atomic E-state index is 7.08. The van der Waals surface area contributed by atoms with Crippen LogP contribution < -0.4 is 0 Å². The van der Waals surface area contributed by atoms with Gasteiger partial charge in [-0.25, -0.2) is 9.98 Å². The van der Waals surface area contributed by atoms with Crippen LogP contribution in [0, 0.1) is 0 Å². The number of aromatic nitrogens is 1. The fourth-order valence-corrected chi connectivity index (χ4v) is 10.8. The van der Waals surface area contributed by atoms with Crippen LogP contribution in [0.15, 0.2) is 239 Å². The Morgan fingerprint density at radius 2 is 1.01 bits per heavy atom.